The summed E-state index contributed by atoms with van der Waals surface area (Å²) in [5.74, 6) is 1.43. The highest BCUT2D eigenvalue weighted by molar-refractivity contribution is 5.92. The summed E-state index contributed by atoms with van der Waals surface area (Å²) in [6, 6.07) is 3.87. The van der Waals surface area contributed by atoms with Crippen LogP contribution in [0, 0.1) is 13.8 Å². The maximum absolute atomic E-state index is 11.9. The van der Waals surface area contributed by atoms with E-state index in [1.807, 2.05) is 26.0 Å². The van der Waals surface area contributed by atoms with Crippen LogP contribution in [-0.2, 0) is 11.2 Å². The molecule has 0 fully saturated rings. The number of rotatable bonds is 2. The number of aromatic amines is 1. The molecule has 0 saturated carbocycles. The van der Waals surface area contributed by atoms with Crippen molar-refractivity contribution in [3.63, 3.8) is 0 Å². The second-order valence-corrected chi connectivity index (χ2v) is 5.77. The zero-order chi connectivity index (χ0) is 15.7. The van der Waals surface area contributed by atoms with Crippen molar-refractivity contribution in [1.29, 1.82) is 0 Å². The predicted octanol–water partition coefficient (Wildman–Crippen LogP) is 3.23. The Balaban J connectivity index is 2.06. The molecule has 5 heteroatoms. The first-order valence-electron chi connectivity index (χ1n) is 7.63. The molecule has 3 rings (SSSR count). The van der Waals surface area contributed by atoms with E-state index in [9.17, 15) is 4.79 Å². The summed E-state index contributed by atoms with van der Waals surface area (Å²) in [4.78, 5) is 20.0. The SMILES string of the molecule is COC(=O)c1cc(-c2nc3c([nH]2)CCCCN3)c(C)cc1C. The molecule has 1 aliphatic rings. The van der Waals surface area contributed by atoms with E-state index in [2.05, 4.69) is 15.3 Å². The van der Waals surface area contributed by atoms with Gasteiger partial charge in [-0.1, -0.05) is 6.07 Å². The van der Waals surface area contributed by atoms with E-state index in [4.69, 9.17) is 4.74 Å². The highest BCUT2D eigenvalue weighted by Gasteiger charge is 2.18. The first-order chi connectivity index (χ1) is 10.6. The molecule has 5 nitrogen and oxygen atoms in total. The van der Waals surface area contributed by atoms with Crippen LogP contribution in [0.5, 0.6) is 0 Å². The minimum Gasteiger partial charge on any atom is -0.465 e. The molecular weight excluding hydrogens is 278 g/mol. The smallest absolute Gasteiger partial charge is 0.338 e. The third-order valence-corrected chi connectivity index (χ3v) is 4.16. The van der Waals surface area contributed by atoms with Crippen LogP contribution in [0.25, 0.3) is 11.4 Å². The van der Waals surface area contributed by atoms with E-state index < -0.39 is 0 Å². The Bertz CT molecular complexity index is 695. The lowest BCUT2D eigenvalue weighted by molar-refractivity contribution is 0.0600. The number of nitrogens with zero attached hydrogens (tertiary/aromatic N) is 1. The molecule has 0 aliphatic carbocycles. The van der Waals surface area contributed by atoms with Gasteiger partial charge in [-0.25, -0.2) is 9.78 Å². The molecule has 1 aliphatic heterocycles. The number of methoxy groups -OCH3 is 1. The van der Waals surface area contributed by atoms with Crippen LogP contribution in [-0.4, -0.2) is 29.6 Å². The van der Waals surface area contributed by atoms with Crippen LogP contribution in [0.2, 0.25) is 0 Å². The highest BCUT2D eigenvalue weighted by atomic mass is 16.5. The third kappa shape index (κ3) is 2.58. The molecule has 0 unspecified atom stereocenters. The second kappa shape index (κ2) is 5.83. The number of aryl methyl sites for hydroxylation is 3. The molecule has 116 valence electrons. The molecular formula is C17H21N3O2. The van der Waals surface area contributed by atoms with E-state index in [1.54, 1.807) is 0 Å². The molecule has 0 spiro atoms. The molecule has 2 aromatic rings. The van der Waals surface area contributed by atoms with Crippen LogP contribution >= 0.6 is 0 Å². The van der Waals surface area contributed by atoms with Gasteiger partial charge in [-0.05, 0) is 50.3 Å². The molecule has 1 aromatic heterocycles. The van der Waals surface area contributed by atoms with Crippen molar-refractivity contribution >= 4 is 11.8 Å². The summed E-state index contributed by atoms with van der Waals surface area (Å²) in [7, 11) is 1.40. The Hall–Kier alpha value is -2.30. The Morgan fingerprint density at radius 2 is 2.05 bits per heavy atom. The van der Waals surface area contributed by atoms with Gasteiger partial charge < -0.3 is 15.0 Å². The van der Waals surface area contributed by atoms with Crippen molar-refractivity contribution in [1.82, 2.24) is 9.97 Å². The molecule has 0 atom stereocenters. The average Bonchev–Trinajstić information content (AvgIpc) is 2.77. The van der Waals surface area contributed by atoms with Gasteiger partial charge in [0.25, 0.3) is 0 Å². The summed E-state index contributed by atoms with van der Waals surface area (Å²) in [6.45, 7) is 4.91. The van der Waals surface area contributed by atoms with Gasteiger partial charge in [0.2, 0.25) is 0 Å². The van der Waals surface area contributed by atoms with Gasteiger partial charge in [-0.15, -0.1) is 0 Å². The van der Waals surface area contributed by atoms with Crippen LogP contribution in [0.3, 0.4) is 0 Å². The Labute approximate surface area is 130 Å². The number of fused-ring (bicyclic) bond motifs is 1. The van der Waals surface area contributed by atoms with Crippen molar-refractivity contribution in [2.45, 2.75) is 33.1 Å². The first-order valence-corrected chi connectivity index (χ1v) is 7.63. The van der Waals surface area contributed by atoms with E-state index in [1.165, 1.54) is 7.11 Å². The van der Waals surface area contributed by atoms with Crippen LogP contribution in [0.1, 0.15) is 40.0 Å². The van der Waals surface area contributed by atoms with E-state index in [0.29, 0.717) is 5.56 Å². The molecule has 2 N–H and O–H groups in total. The number of H-pyrrole nitrogens is 1. The van der Waals surface area contributed by atoms with Crippen molar-refractivity contribution in [3.8, 4) is 11.4 Å². The number of carbonyl (C=O) groups is 1. The highest BCUT2D eigenvalue weighted by Crippen LogP contribution is 2.29. The van der Waals surface area contributed by atoms with Crippen molar-refractivity contribution in [3.05, 3.63) is 34.5 Å². The summed E-state index contributed by atoms with van der Waals surface area (Å²) >= 11 is 0. The predicted molar refractivity (Wildman–Crippen MR) is 86.3 cm³/mol. The molecule has 0 bridgehead atoms. The number of hydrogen-bond acceptors (Lipinski definition) is 4. The number of esters is 1. The number of nitrogens with one attached hydrogen (secondary N) is 2. The molecule has 22 heavy (non-hydrogen) atoms. The molecule has 2 heterocycles. The van der Waals surface area contributed by atoms with Crippen LogP contribution in [0.4, 0.5) is 5.82 Å². The van der Waals surface area contributed by atoms with Gasteiger partial charge in [-0.3, -0.25) is 0 Å². The average molecular weight is 299 g/mol. The van der Waals surface area contributed by atoms with Gasteiger partial charge in [0.05, 0.1) is 18.4 Å². The number of ether oxygens (including phenoxy) is 1. The fourth-order valence-corrected chi connectivity index (χ4v) is 2.93. The third-order valence-electron chi connectivity index (χ3n) is 4.16. The fourth-order valence-electron chi connectivity index (χ4n) is 2.93. The zero-order valence-electron chi connectivity index (χ0n) is 13.2. The lowest BCUT2D eigenvalue weighted by Gasteiger charge is -2.09. The van der Waals surface area contributed by atoms with Gasteiger partial charge in [0, 0.05) is 12.1 Å². The lowest BCUT2D eigenvalue weighted by Crippen LogP contribution is -2.05. The summed E-state index contributed by atoms with van der Waals surface area (Å²) in [5, 5.41) is 3.36. The topological polar surface area (TPSA) is 67.0 Å². The Kier molecular flexibility index (Phi) is 3.88. The standard InChI is InChI=1S/C17H21N3O2/c1-10-8-11(2)13(17(21)22-3)9-12(10)15-19-14-6-4-5-7-18-16(14)20-15/h8-9,18H,4-7H2,1-3H3,(H,19,20). The minimum atomic E-state index is -0.315. The summed E-state index contributed by atoms with van der Waals surface area (Å²) in [5.41, 5.74) is 4.68. The Morgan fingerprint density at radius 3 is 2.82 bits per heavy atom. The van der Waals surface area contributed by atoms with Gasteiger partial charge in [0.1, 0.15) is 11.6 Å². The van der Waals surface area contributed by atoms with E-state index in [-0.39, 0.29) is 5.97 Å². The Morgan fingerprint density at radius 1 is 1.23 bits per heavy atom. The summed E-state index contributed by atoms with van der Waals surface area (Å²) < 4.78 is 4.86. The van der Waals surface area contributed by atoms with Crippen LogP contribution in [0.15, 0.2) is 12.1 Å². The molecule has 0 radical (unpaired) electrons. The normalized spacial score (nSPS) is 14.0. The largest absolute Gasteiger partial charge is 0.465 e. The lowest BCUT2D eigenvalue weighted by atomic mass is 9.99. The number of anilines is 1. The monoisotopic (exact) mass is 299 g/mol. The quantitative estimate of drug-likeness (QED) is 0.836. The minimum absolute atomic E-state index is 0.315. The maximum Gasteiger partial charge on any atom is 0.338 e. The van der Waals surface area contributed by atoms with Crippen molar-refractivity contribution < 1.29 is 9.53 Å². The number of benzene rings is 1. The van der Waals surface area contributed by atoms with Gasteiger partial charge in [-0.2, -0.15) is 0 Å². The zero-order valence-corrected chi connectivity index (χ0v) is 13.2. The van der Waals surface area contributed by atoms with Gasteiger partial charge in [0.15, 0.2) is 0 Å². The second-order valence-electron chi connectivity index (χ2n) is 5.77. The van der Waals surface area contributed by atoms with Crippen molar-refractivity contribution in [2.24, 2.45) is 0 Å². The van der Waals surface area contributed by atoms with Gasteiger partial charge >= 0.3 is 5.97 Å². The summed E-state index contributed by atoms with van der Waals surface area (Å²) in [6.07, 6.45) is 3.32. The molecule has 0 amide bonds. The van der Waals surface area contributed by atoms with Crippen molar-refractivity contribution in [2.75, 3.05) is 19.0 Å². The molecule has 0 saturated heterocycles. The molecule has 1 aromatic carbocycles. The number of hydrogen-bond donors (Lipinski definition) is 2. The maximum atomic E-state index is 11.9. The first kappa shape index (κ1) is 14.6. The number of aromatic nitrogens is 2. The van der Waals surface area contributed by atoms with E-state index in [0.717, 1.165) is 59.8 Å². The van der Waals surface area contributed by atoms with Crippen LogP contribution < -0.4 is 5.32 Å². The number of carbonyl (C=O) groups excluding carboxylic acids is 1. The fraction of sp³-hybridized carbons (Fsp3) is 0.412. The number of imidazole rings is 1. The van der Waals surface area contributed by atoms with E-state index >= 15 is 0 Å².